The monoisotopic (exact) mass is 398 g/mol. The molecule has 28 heavy (non-hydrogen) atoms. The lowest BCUT2D eigenvalue weighted by Gasteiger charge is -2.23. The number of ether oxygens (including phenoxy) is 3. The molecule has 2 aromatic carbocycles. The third-order valence-electron chi connectivity index (χ3n) is 4.34. The van der Waals surface area contributed by atoms with E-state index in [4.69, 9.17) is 14.2 Å². The normalized spacial score (nSPS) is 16.2. The fourth-order valence-corrected chi connectivity index (χ4v) is 4.05. The quantitative estimate of drug-likeness (QED) is 0.633. The molecule has 1 aliphatic rings. The second-order valence-corrected chi connectivity index (χ2v) is 7.34. The molecule has 0 fully saturated rings. The summed E-state index contributed by atoms with van der Waals surface area (Å²) in [5.41, 5.74) is 1.90. The molecule has 0 bridgehead atoms. The van der Waals surface area contributed by atoms with E-state index in [1.54, 1.807) is 16.7 Å². The van der Waals surface area contributed by atoms with Crippen LogP contribution in [-0.2, 0) is 20.9 Å². The number of esters is 1. The predicted octanol–water partition coefficient (Wildman–Crippen LogP) is 2.45. The van der Waals surface area contributed by atoms with Crippen LogP contribution in [0.25, 0.3) is 10.2 Å². The Balaban J connectivity index is 1.71. The van der Waals surface area contributed by atoms with Gasteiger partial charge >= 0.3 is 5.97 Å². The summed E-state index contributed by atoms with van der Waals surface area (Å²) in [5.74, 6) is 0.234. The molecular formula is C20H18N2O5S. The molecule has 0 radical (unpaired) electrons. The predicted molar refractivity (Wildman–Crippen MR) is 103 cm³/mol. The number of carbonyl (C=O) groups excluding carboxylic acids is 2. The Hall–Kier alpha value is -3.13. The highest BCUT2D eigenvalue weighted by molar-refractivity contribution is 7.16. The van der Waals surface area contributed by atoms with Crippen LogP contribution in [0.4, 0.5) is 0 Å². The van der Waals surface area contributed by atoms with E-state index in [1.165, 1.54) is 18.4 Å². The van der Waals surface area contributed by atoms with Crippen LogP contribution in [0.15, 0.2) is 47.5 Å². The first-order chi connectivity index (χ1) is 13.5. The van der Waals surface area contributed by atoms with E-state index in [2.05, 4.69) is 4.99 Å². The fraction of sp³-hybridized carbons (Fsp3) is 0.250. The minimum Gasteiger partial charge on any atom is -0.485 e. The van der Waals surface area contributed by atoms with Crippen molar-refractivity contribution < 1.29 is 23.8 Å². The van der Waals surface area contributed by atoms with Gasteiger partial charge in [-0.05, 0) is 36.8 Å². The fourth-order valence-electron chi connectivity index (χ4n) is 2.92. The molecule has 1 amide bonds. The van der Waals surface area contributed by atoms with Gasteiger partial charge in [-0.1, -0.05) is 29.5 Å². The lowest BCUT2D eigenvalue weighted by Crippen LogP contribution is -2.37. The van der Waals surface area contributed by atoms with Crippen molar-refractivity contribution in [1.29, 1.82) is 0 Å². The summed E-state index contributed by atoms with van der Waals surface area (Å²) in [6.07, 6.45) is -0.839. The maximum atomic E-state index is 12.7. The van der Waals surface area contributed by atoms with Gasteiger partial charge in [0, 0.05) is 0 Å². The molecule has 0 spiro atoms. The topological polar surface area (TPSA) is 79.1 Å². The Morgan fingerprint density at radius 2 is 2.04 bits per heavy atom. The number of hydrogen-bond acceptors (Lipinski definition) is 6. The molecule has 2 heterocycles. The number of rotatable bonds is 3. The maximum Gasteiger partial charge on any atom is 0.325 e. The average molecular weight is 398 g/mol. The molecule has 0 saturated heterocycles. The summed E-state index contributed by atoms with van der Waals surface area (Å²) < 4.78 is 18.7. The summed E-state index contributed by atoms with van der Waals surface area (Å²) in [7, 11) is 1.33. The van der Waals surface area contributed by atoms with Gasteiger partial charge in [-0.2, -0.15) is 4.99 Å². The summed E-state index contributed by atoms with van der Waals surface area (Å²) >= 11 is 1.34. The van der Waals surface area contributed by atoms with Crippen molar-refractivity contribution in [2.75, 3.05) is 13.7 Å². The number of hydrogen-bond donors (Lipinski definition) is 0. The van der Waals surface area contributed by atoms with Crippen LogP contribution in [-0.4, -0.2) is 36.3 Å². The smallest absolute Gasteiger partial charge is 0.325 e. The Morgan fingerprint density at radius 1 is 1.25 bits per heavy atom. The Kier molecular flexibility index (Phi) is 4.87. The third-order valence-corrected chi connectivity index (χ3v) is 5.38. The van der Waals surface area contributed by atoms with E-state index in [0.717, 1.165) is 15.8 Å². The summed E-state index contributed by atoms with van der Waals surface area (Å²) in [4.78, 5) is 29.2. The third kappa shape index (κ3) is 3.50. The first kappa shape index (κ1) is 18.2. The van der Waals surface area contributed by atoms with E-state index >= 15 is 0 Å². The summed E-state index contributed by atoms with van der Waals surface area (Å²) in [6.45, 7) is 2.04. The second kappa shape index (κ2) is 7.47. The van der Waals surface area contributed by atoms with Gasteiger partial charge in [0.15, 0.2) is 16.3 Å². The summed E-state index contributed by atoms with van der Waals surface area (Å²) in [6, 6.07) is 13.0. The molecule has 0 saturated carbocycles. The SMILES string of the molecule is COC(=O)Cn1c(=NC(=O)C2COc3ccccc3O2)sc2cc(C)ccc21. The molecule has 8 heteroatoms. The largest absolute Gasteiger partial charge is 0.485 e. The van der Waals surface area contributed by atoms with Crippen LogP contribution >= 0.6 is 11.3 Å². The number of thiazole rings is 1. The number of carbonyl (C=O) groups is 2. The number of fused-ring (bicyclic) bond motifs is 2. The van der Waals surface area contributed by atoms with Gasteiger partial charge in [0.05, 0.1) is 17.3 Å². The van der Waals surface area contributed by atoms with Crippen molar-refractivity contribution in [3.05, 3.63) is 52.8 Å². The van der Waals surface area contributed by atoms with Crippen molar-refractivity contribution in [2.24, 2.45) is 4.99 Å². The molecular weight excluding hydrogens is 380 g/mol. The highest BCUT2D eigenvalue weighted by Gasteiger charge is 2.27. The first-order valence-electron chi connectivity index (χ1n) is 8.69. The van der Waals surface area contributed by atoms with Gasteiger partial charge in [-0.15, -0.1) is 0 Å². The minimum absolute atomic E-state index is 0.0312. The molecule has 0 aliphatic carbocycles. The second-order valence-electron chi connectivity index (χ2n) is 6.33. The van der Waals surface area contributed by atoms with Crippen molar-refractivity contribution in [2.45, 2.75) is 19.6 Å². The highest BCUT2D eigenvalue weighted by Crippen LogP contribution is 2.31. The van der Waals surface area contributed by atoms with E-state index < -0.39 is 18.0 Å². The molecule has 7 nitrogen and oxygen atoms in total. The Labute approximate surface area is 164 Å². The van der Waals surface area contributed by atoms with Crippen molar-refractivity contribution in [3.63, 3.8) is 0 Å². The zero-order valence-corrected chi connectivity index (χ0v) is 16.2. The molecule has 1 unspecified atom stereocenters. The molecule has 3 aromatic rings. The van der Waals surface area contributed by atoms with Crippen molar-refractivity contribution in [3.8, 4) is 11.5 Å². The first-order valence-corrected chi connectivity index (χ1v) is 9.50. The molecule has 144 valence electrons. The number of methoxy groups -OCH3 is 1. The number of aromatic nitrogens is 1. The van der Waals surface area contributed by atoms with Gasteiger partial charge in [0.2, 0.25) is 6.10 Å². The standard InChI is InChI=1S/C20H18N2O5S/c1-12-7-8-13-17(9-12)28-20(22(13)10-18(23)25-2)21-19(24)16-11-26-14-5-3-4-6-15(14)27-16/h3-9,16H,10-11H2,1-2H3. The van der Waals surface area contributed by atoms with E-state index in [1.807, 2.05) is 37.3 Å². The van der Waals surface area contributed by atoms with Gasteiger partial charge in [-0.25, -0.2) is 0 Å². The number of benzene rings is 2. The number of amides is 1. The Bertz CT molecular complexity index is 1130. The molecule has 4 rings (SSSR count). The molecule has 1 atom stereocenters. The number of nitrogens with zero attached hydrogens (tertiary/aromatic N) is 2. The van der Waals surface area contributed by atoms with E-state index in [0.29, 0.717) is 16.3 Å². The van der Waals surface area contributed by atoms with Crippen LogP contribution in [0.1, 0.15) is 5.56 Å². The van der Waals surface area contributed by atoms with Crippen LogP contribution in [0.3, 0.4) is 0 Å². The van der Waals surface area contributed by atoms with Crippen LogP contribution in [0.5, 0.6) is 11.5 Å². The molecule has 0 N–H and O–H groups in total. The number of aryl methyl sites for hydroxylation is 1. The van der Waals surface area contributed by atoms with Gasteiger partial charge in [-0.3, -0.25) is 9.59 Å². The van der Waals surface area contributed by atoms with E-state index in [9.17, 15) is 9.59 Å². The molecule has 1 aromatic heterocycles. The van der Waals surface area contributed by atoms with Crippen LogP contribution in [0.2, 0.25) is 0 Å². The van der Waals surface area contributed by atoms with Gasteiger partial charge < -0.3 is 18.8 Å². The lowest BCUT2D eigenvalue weighted by atomic mass is 10.2. The Morgan fingerprint density at radius 3 is 2.82 bits per heavy atom. The van der Waals surface area contributed by atoms with Crippen LogP contribution in [0, 0.1) is 6.92 Å². The highest BCUT2D eigenvalue weighted by atomic mass is 32.1. The van der Waals surface area contributed by atoms with Gasteiger partial charge in [0.25, 0.3) is 5.91 Å². The van der Waals surface area contributed by atoms with E-state index in [-0.39, 0.29) is 13.2 Å². The lowest BCUT2D eigenvalue weighted by molar-refractivity contribution is -0.141. The maximum absolute atomic E-state index is 12.7. The zero-order valence-electron chi connectivity index (χ0n) is 15.4. The summed E-state index contributed by atoms with van der Waals surface area (Å²) in [5, 5.41) is 0. The zero-order chi connectivity index (χ0) is 19.7. The molecule has 1 aliphatic heterocycles. The van der Waals surface area contributed by atoms with Crippen molar-refractivity contribution in [1.82, 2.24) is 4.57 Å². The number of para-hydroxylation sites is 2. The average Bonchev–Trinajstić information content (AvgIpc) is 3.03. The van der Waals surface area contributed by atoms with Crippen LogP contribution < -0.4 is 14.3 Å². The minimum atomic E-state index is -0.839. The van der Waals surface area contributed by atoms with Gasteiger partial charge in [0.1, 0.15) is 13.2 Å². The van der Waals surface area contributed by atoms with Crippen molar-refractivity contribution >= 4 is 33.4 Å².